The molecule has 0 bridgehead atoms. The van der Waals surface area contributed by atoms with E-state index in [9.17, 15) is 18.0 Å². The van der Waals surface area contributed by atoms with Gasteiger partial charge in [0.15, 0.2) is 0 Å². The molecule has 0 aromatic rings. The van der Waals surface area contributed by atoms with Crippen molar-refractivity contribution in [1.29, 1.82) is 0 Å². The molecule has 0 saturated carbocycles. The van der Waals surface area contributed by atoms with E-state index in [2.05, 4.69) is 5.32 Å². The van der Waals surface area contributed by atoms with Crippen molar-refractivity contribution in [3.63, 3.8) is 0 Å². The molecule has 1 rings (SSSR count). The van der Waals surface area contributed by atoms with Crippen molar-refractivity contribution >= 4 is 5.91 Å². The van der Waals surface area contributed by atoms with E-state index in [0.29, 0.717) is 0 Å². The summed E-state index contributed by atoms with van der Waals surface area (Å²) in [6, 6.07) is -0.370. The van der Waals surface area contributed by atoms with Crippen LogP contribution in [0.1, 0.15) is 34.1 Å². The van der Waals surface area contributed by atoms with E-state index in [1.807, 2.05) is 27.7 Å². The number of nitrogens with one attached hydrogen (secondary N) is 1. The van der Waals surface area contributed by atoms with Crippen molar-refractivity contribution in [1.82, 2.24) is 10.2 Å². The second kappa shape index (κ2) is 5.47. The van der Waals surface area contributed by atoms with Gasteiger partial charge in [-0.25, -0.2) is 0 Å². The fraction of sp³-hybridized carbons (Fsp3) is 0.917. The molecule has 2 atom stereocenters. The van der Waals surface area contributed by atoms with Crippen LogP contribution in [0.25, 0.3) is 0 Å². The first kappa shape index (κ1) is 15.3. The Morgan fingerprint density at radius 1 is 1.22 bits per heavy atom. The van der Waals surface area contributed by atoms with Crippen molar-refractivity contribution in [2.45, 2.75) is 52.5 Å². The first-order valence-electron chi connectivity index (χ1n) is 6.26. The Morgan fingerprint density at radius 2 is 1.78 bits per heavy atom. The molecule has 2 unspecified atom stereocenters. The van der Waals surface area contributed by atoms with Gasteiger partial charge in [0.05, 0.1) is 18.6 Å². The molecule has 0 spiro atoms. The molecule has 1 amide bonds. The molecule has 1 saturated heterocycles. The van der Waals surface area contributed by atoms with Gasteiger partial charge >= 0.3 is 6.18 Å². The van der Waals surface area contributed by atoms with Crippen LogP contribution < -0.4 is 5.32 Å². The van der Waals surface area contributed by atoms with E-state index in [1.165, 1.54) is 4.90 Å². The lowest BCUT2D eigenvalue weighted by Crippen LogP contribution is -2.43. The third kappa shape index (κ3) is 3.60. The van der Waals surface area contributed by atoms with Crippen LogP contribution >= 0.6 is 0 Å². The van der Waals surface area contributed by atoms with E-state index in [-0.39, 0.29) is 36.5 Å². The fourth-order valence-electron chi connectivity index (χ4n) is 2.19. The van der Waals surface area contributed by atoms with E-state index >= 15 is 0 Å². The molecule has 1 aliphatic rings. The standard InChI is InChI=1S/C12H21F3N2O/c1-7(2)9-11(18)17(6-5-12(13,14)15)10(16-9)8(3)4/h7-10,16H,5-6H2,1-4H3. The largest absolute Gasteiger partial charge is 0.390 e. The minimum Gasteiger partial charge on any atom is -0.325 e. The lowest BCUT2D eigenvalue weighted by molar-refractivity contribution is -0.145. The van der Waals surface area contributed by atoms with Crippen molar-refractivity contribution in [3.8, 4) is 0 Å². The number of nitrogens with zero attached hydrogens (tertiary/aromatic N) is 1. The zero-order chi connectivity index (χ0) is 14.1. The summed E-state index contributed by atoms with van der Waals surface area (Å²) in [7, 11) is 0. The third-order valence-electron chi connectivity index (χ3n) is 3.17. The molecule has 1 heterocycles. The maximum Gasteiger partial charge on any atom is 0.390 e. The van der Waals surface area contributed by atoms with Crippen molar-refractivity contribution in [2.24, 2.45) is 11.8 Å². The van der Waals surface area contributed by atoms with Gasteiger partial charge in [-0.3, -0.25) is 10.1 Å². The maximum atomic E-state index is 12.3. The predicted molar refractivity (Wildman–Crippen MR) is 62.8 cm³/mol. The summed E-state index contributed by atoms with van der Waals surface area (Å²) >= 11 is 0. The minimum atomic E-state index is -4.22. The van der Waals surface area contributed by atoms with Crippen LogP contribution in [0.15, 0.2) is 0 Å². The van der Waals surface area contributed by atoms with Gasteiger partial charge < -0.3 is 4.90 Å². The van der Waals surface area contributed by atoms with Gasteiger partial charge in [-0.15, -0.1) is 0 Å². The topological polar surface area (TPSA) is 32.3 Å². The lowest BCUT2D eigenvalue weighted by atomic mass is 10.0. The molecule has 1 aliphatic heterocycles. The second-order valence-electron chi connectivity index (χ2n) is 5.47. The zero-order valence-electron chi connectivity index (χ0n) is 11.2. The van der Waals surface area contributed by atoms with Gasteiger partial charge in [-0.2, -0.15) is 13.2 Å². The molecule has 6 heteroatoms. The van der Waals surface area contributed by atoms with Crippen molar-refractivity contribution in [3.05, 3.63) is 0 Å². The van der Waals surface area contributed by atoms with E-state index in [0.717, 1.165) is 0 Å². The second-order valence-corrected chi connectivity index (χ2v) is 5.47. The Bertz CT molecular complexity index is 302. The number of rotatable bonds is 4. The van der Waals surface area contributed by atoms with Crippen LogP contribution in [0.4, 0.5) is 13.2 Å². The fourth-order valence-corrected chi connectivity index (χ4v) is 2.19. The Balaban J connectivity index is 2.75. The molecule has 3 nitrogen and oxygen atoms in total. The number of halogens is 3. The molecule has 0 aliphatic carbocycles. The summed E-state index contributed by atoms with van der Waals surface area (Å²) in [6.07, 6.45) is -5.47. The highest BCUT2D eigenvalue weighted by Gasteiger charge is 2.42. The number of amides is 1. The first-order valence-corrected chi connectivity index (χ1v) is 6.26. The SMILES string of the molecule is CC(C)C1NC(C(C)C)N(CCC(F)(F)F)C1=O. The molecule has 1 fully saturated rings. The Morgan fingerprint density at radius 3 is 2.17 bits per heavy atom. The number of hydrogen-bond acceptors (Lipinski definition) is 2. The monoisotopic (exact) mass is 266 g/mol. The summed E-state index contributed by atoms with van der Waals surface area (Å²) in [5.41, 5.74) is 0. The number of carbonyl (C=O) groups is 1. The summed E-state index contributed by atoms with van der Waals surface area (Å²) in [6.45, 7) is 7.31. The molecule has 18 heavy (non-hydrogen) atoms. The smallest absolute Gasteiger partial charge is 0.325 e. The van der Waals surface area contributed by atoms with E-state index in [1.54, 1.807) is 0 Å². The van der Waals surface area contributed by atoms with Crippen LogP contribution in [0.5, 0.6) is 0 Å². The van der Waals surface area contributed by atoms with Crippen molar-refractivity contribution < 1.29 is 18.0 Å². The van der Waals surface area contributed by atoms with E-state index in [4.69, 9.17) is 0 Å². The summed E-state index contributed by atoms with van der Waals surface area (Å²) in [4.78, 5) is 13.4. The number of carbonyl (C=O) groups excluding carboxylic acids is 1. The molecule has 0 aromatic carbocycles. The average molecular weight is 266 g/mol. The predicted octanol–water partition coefficient (Wildman–Crippen LogP) is 2.38. The molecule has 0 aromatic heterocycles. The van der Waals surface area contributed by atoms with Gasteiger partial charge in [0.2, 0.25) is 5.91 Å². The molecular formula is C12H21F3N2O. The van der Waals surface area contributed by atoms with Crippen LogP contribution in [0.3, 0.4) is 0 Å². The van der Waals surface area contributed by atoms with Gasteiger partial charge in [0.1, 0.15) is 0 Å². The number of hydrogen-bond donors (Lipinski definition) is 1. The maximum absolute atomic E-state index is 12.3. The van der Waals surface area contributed by atoms with Gasteiger partial charge in [-0.05, 0) is 11.8 Å². The van der Waals surface area contributed by atoms with Crippen LogP contribution in [-0.4, -0.2) is 35.7 Å². The average Bonchev–Trinajstić information content (AvgIpc) is 2.51. The van der Waals surface area contributed by atoms with Crippen LogP contribution in [0.2, 0.25) is 0 Å². The number of alkyl halides is 3. The lowest BCUT2D eigenvalue weighted by Gasteiger charge is -2.27. The van der Waals surface area contributed by atoms with Crippen LogP contribution in [-0.2, 0) is 4.79 Å². The van der Waals surface area contributed by atoms with Gasteiger partial charge in [0, 0.05) is 6.54 Å². The minimum absolute atomic E-state index is 0.0784. The zero-order valence-corrected chi connectivity index (χ0v) is 11.2. The summed E-state index contributed by atoms with van der Waals surface area (Å²) in [5, 5.41) is 3.13. The Kier molecular flexibility index (Phi) is 4.64. The first-order chi connectivity index (χ1) is 8.13. The summed E-state index contributed by atoms with van der Waals surface area (Å²) < 4.78 is 36.8. The van der Waals surface area contributed by atoms with Crippen LogP contribution in [0, 0.1) is 11.8 Å². The highest BCUT2D eigenvalue weighted by atomic mass is 19.4. The van der Waals surface area contributed by atoms with Crippen molar-refractivity contribution in [2.75, 3.05) is 6.54 Å². The van der Waals surface area contributed by atoms with Gasteiger partial charge in [0.25, 0.3) is 0 Å². The molecule has 0 radical (unpaired) electrons. The third-order valence-corrected chi connectivity index (χ3v) is 3.17. The van der Waals surface area contributed by atoms with Gasteiger partial charge in [-0.1, -0.05) is 27.7 Å². The normalized spacial score (nSPS) is 25.6. The highest BCUT2D eigenvalue weighted by Crippen LogP contribution is 2.25. The Hall–Kier alpha value is -0.780. The quantitative estimate of drug-likeness (QED) is 0.847. The highest BCUT2D eigenvalue weighted by molar-refractivity contribution is 5.84. The Labute approximate surface area is 106 Å². The molecule has 106 valence electrons. The molecular weight excluding hydrogens is 245 g/mol. The van der Waals surface area contributed by atoms with E-state index < -0.39 is 12.6 Å². The molecule has 1 N–H and O–H groups in total. The summed E-state index contributed by atoms with van der Waals surface area (Å²) in [5.74, 6) is -0.0477.